The van der Waals surface area contributed by atoms with Gasteiger partial charge in [-0.25, -0.2) is 0 Å². The molecule has 0 spiro atoms. The highest BCUT2D eigenvalue weighted by Gasteiger charge is 2.24. The van der Waals surface area contributed by atoms with E-state index in [0.29, 0.717) is 0 Å². The van der Waals surface area contributed by atoms with Gasteiger partial charge >= 0.3 is 0 Å². The van der Waals surface area contributed by atoms with Crippen molar-refractivity contribution in [2.24, 2.45) is 0 Å². The number of benzene rings is 15. The summed E-state index contributed by atoms with van der Waals surface area (Å²) in [5, 5.41) is 33.9. The van der Waals surface area contributed by atoms with E-state index in [4.69, 9.17) is 13.3 Å². The average molecular weight is 1390 g/mol. The van der Waals surface area contributed by atoms with E-state index >= 15 is 0 Å². The first-order valence-electron chi connectivity index (χ1n) is 35.6. The summed E-state index contributed by atoms with van der Waals surface area (Å²) in [4.78, 5) is 0. The number of furan rings is 3. The normalized spacial score (nSPS) is 12.6. The topological polar surface area (TPSA) is 52.7 Å². The second-order valence-corrected chi connectivity index (χ2v) is 31.4. The second-order valence-electron chi connectivity index (χ2n) is 28.1. The highest BCUT2D eigenvalue weighted by molar-refractivity contribution is 7.26. The van der Waals surface area contributed by atoms with E-state index < -0.39 is 0 Å². The molecule has 0 amide bonds. The third kappa shape index (κ3) is 7.80. The Labute approximate surface area is 606 Å². The van der Waals surface area contributed by atoms with Gasteiger partial charge in [-0.3, -0.25) is 0 Å². The summed E-state index contributed by atoms with van der Waals surface area (Å²) in [5.74, 6) is 0. The Hall–Kier alpha value is -13.0. The molecular formula is C96H51N3O3S3. The monoisotopic (exact) mass is 1390 g/mol. The van der Waals surface area contributed by atoms with Gasteiger partial charge < -0.3 is 26.5 Å². The van der Waals surface area contributed by atoms with Crippen LogP contribution in [0.3, 0.4) is 0 Å². The summed E-state index contributed by atoms with van der Waals surface area (Å²) in [7, 11) is 0. The van der Waals surface area contributed by atoms with Gasteiger partial charge in [-0.05, 0) is 113 Å². The van der Waals surface area contributed by atoms with Gasteiger partial charge in [-0.2, -0.15) is 0 Å². The molecule has 0 radical (unpaired) electrons. The fourth-order valence-electron chi connectivity index (χ4n) is 18.1. The minimum atomic E-state index is 0.935. The molecule has 9 heteroatoms. The molecule has 486 valence electrons. The average Bonchev–Trinajstić information content (AvgIpc) is 1.58. The van der Waals surface area contributed by atoms with Crippen molar-refractivity contribution in [3.8, 4) is 0 Å². The van der Waals surface area contributed by atoms with Crippen molar-refractivity contribution in [1.29, 1.82) is 0 Å². The Kier molecular flexibility index (Phi) is 11.2. The summed E-state index contributed by atoms with van der Waals surface area (Å²) in [6.45, 7) is 0. The maximum absolute atomic E-state index is 6.33. The molecule has 15 aromatic carbocycles. The fourth-order valence-corrected chi connectivity index (χ4v) is 21.5. The Balaban J connectivity index is 0.0000000914. The van der Waals surface area contributed by atoms with Crippen LogP contribution in [-0.2, 0) is 0 Å². The maximum atomic E-state index is 6.33. The number of fused-ring (bicyclic) bond motifs is 44. The molecule has 27 aromatic rings. The van der Waals surface area contributed by atoms with E-state index in [1.807, 2.05) is 52.2 Å². The Morgan fingerprint density at radius 1 is 0.181 bits per heavy atom. The van der Waals surface area contributed by atoms with Crippen molar-refractivity contribution in [3.63, 3.8) is 0 Å². The zero-order valence-electron chi connectivity index (χ0n) is 55.7. The molecular weight excluding hydrogens is 1340 g/mol. The molecule has 0 aliphatic carbocycles. The number of pyridine rings is 3. The van der Waals surface area contributed by atoms with Gasteiger partial charge in [0.15, 0.2) is 0 Å². The van der Waals surface area contributed by atoms with E-state index in [2.05, 4.69) is 305 Å². The van der Waals surface area contributed by atoms with Gasteiger partial charge in [-0.15, -0.1) is 34.0 Å². The summed E-state index contributed by atoms with van der Waals surface area (Å²) in [6.07, 6.45) is 6.91. The van der Waals surface area contributed by atoms with Crippen LogP contribution in [-0.4, -0.2) is 13.2 Å². The van der Waals surface area contributed by atoms with E-state index in [1.54, 1.807) is 0 Å². The molecule has 0 atom stereocenters. The van der Waals surface area contributed by atoms with Crippen LogP contribution < -0.4 is 0 Å². The fraction of sp³-hybridized carbons (Fsp3) is 0. The molecule has 0 aliphatic rings. The Morgan fingerprint density at radius 2 is 0.524 bits per heavy atom. The van der Waals surface area contributed by atoms with E-state index in [0.717, 1.165) is 38.9 Å². The van der Waals surface area contributed by atoms with Gasteiger partial charge in [0.25, 0.3) is 0 Å². The van der Waals surface area contributed by atoms with E-state index in [1.165, 1.54) is 201 Å². The lowest BCUT2D eigenvalue weighted by Crippen LogP contribution is -1.91. The first-order chi connectivity index (χ1) is 52.0. The van der Waals surface area contributed by atoms with Gasteiger partial charge in [0, 0.05) is 176 Å². The summed E-state index contributed by atoms with van der Waals surface area (Å²) >= 11 is 5.62. The predicted octanol–water partition coefficient (Wildman–Crippen LogP) is 29.0. The van der Waals surface area contributed by atoms with Crippen molar-refractivity contribution in [1.82, 2.24) is 13.2 Å². The van der Waals surface area contributed by atoms with Crippen LogP contribution in [0.5, 0.6) is 0 Å². The summed E-state index contributed by atoms with van der Waals surface area (Å²) in [6, 6.07) is 105. The largest absolute Gasteiger partial charge is 0.456 e. The lowest BCUT2D eigenvalue weighted by atomic mass is 9.99. The molecule has 0 unspecified atom stereocenters. The molecule has 6 nitrogen and oxygen atoms in total. The number of para-hydroxylation sites is 3. The highest BCUT2D eigenvalue weighted by atomic mass is 32.1. The number of thiophene rings is 3. The van der Waals surface area contributed by atoms with Gasteiger partial charge in [0.2, 0.25) is 0 Å². The van der Waals surface area contributed by atoms with Crippen molar-refractivity contribution in [2.75, 3.05) is 0 Å². The number of hydrogen-bond acceptors (Lipinski definition) is 6. The van der Waals surface area contributed by atoms with Crippen molar-refractivity contribution >= 4 is 274 Å². The van der Waals surface area contributed by atoms with Crippen LogP contribution >= 0.6 is 34.0 Å². The molecule has 0 bridgehead atoms. The first-order valence-corrected chi connectivity index (χ1v) is 38.0. The first kappa shape index (κ1) is 56.6. The predicted molar refractivity (Wildman–Crippen MR) is 450 cm³/mol. The third-order valence-electron chi connectivity index (χ3n) is 22.6. The van der Waals surface area contributed by atoms with Gasteiger partial charge in [0.1, 0.15) is 33.5 Å². The number of nitrogens with zero attached hydrogens (tertiary/aromatic N) is 3. The van der Waals surface area contributed by atoms with Crippen molar-refractivity contribution in [2.45, 2.75) is 0 Å². The smallest absolute Gasteiger partial charge is 0.136 e. The molecule has 0 saturated heterocycles. The molecule has 0 N–H and O–H groups in total. The lowest BCUT2D eigenvalue weighted by molar-refractivity contribution is 0.669. The SMILES string of the molecule is c1ccc2c(c1)cn1c2c2cc3c(cc2c2ccc4sc5ccccc5c4c21)oc1ccccc13.c1ccc2c(c1)cn1c2c2cc3oc4ccccc4c3cc2c2ccc3sc4ccccc4c3c21.c1ccc2c(c1)cn1c3cc4c(cc3c3cc5c(cc3c21)oc1ccccc15)sc1ccccc14. The van der Waals surface area contributed by atoms with Crippen LogP contribution in [0.1, 0.15) is 0 Å². The van der Waals surface area contributed by atoms with Crippen LogP contribution in [0.25, 0.3) is 240 Å². The second kappa shape index (κ2) is 20.8. The zero-order valence-corrected chi connectivity index (χ0v) is 58.2. The molecule has 0 aliphatic heterocycles. The van der Waals surface area contributed by atoms with Crippen LogP contribution in [0.4, 0.5) is 0 Å². The van der Waals surface area contributed by atoms with Crippen molar-refractivity contribution < 1.29 is 13.3 Å². The van der Waals surface area contributed by atoms with Gasteiger partial charge in [0.05, 0.1) is 33.1 Å². The Bertz CT molecular complexity index is 8570. The summed E-state index contributed by atoms with van der Waals surface area (Å²) in [5.41, 5.74) is 13.2. The zero-order chi connectivity index (χ0) is 68.0. The van der Waals surface area contributed by atoms with Gasteiger partial charge in [-0.1, -0.05) is 194 Å². The summed E-state index contributed by atoms with van der Waals surface area (Å²) < 4.78 is 34.2. The number of hydrogen-bond donors (Lipinski definition) is 0. The standard InChI is InChI=1S/3C32H17NOS/c1-2-8-19-18(7-1)17-33-27-14-25-21-10-4-6-12-30(21)35-31(25)16-23(27)22-13-24-20-9-3-5-11-28(20)34-29(24)15-26(22)32(19)33;1-2-8-19-18(7-1)17-33-31(19)25-15-24-20-9-3-5-11-26(20)34-27(24)16-23(25)21-13-14-29-30(32(21)33)22-10-4-6-12-28(22)35-29;1-2-8-19-18(7-1)17-33-31(19)25-16-27-24(20-9-3-5-11-26(20)34-27)15-23(25)21-13-14-29-30(32(21)33)22-10-4-6-12-28(22)35-29/h3*1-17H. The lowest BCUT2D eigenvalue weighted by Gasteiger charge is -2.11. The third-order valence-corrected chi connectivity index (χ3v) is 26.0. The number of aromatic nitrogens is 3. The number of rotatable bonds is 0. The quantitative estimate of drug-likeness (QED) is 0.142. The van der Waals surface area contributed by atoms with E-state index in [9.17, 15) is 0 Å². The highest BCUT2D eigenvalue weighted by Crippen LogP contribution is 2.49. The molecule has 0 fully saturated rings. The minimum absolute atomic E-state index is 0.935. The van der Waals surface area contributed by atoms with Crippen molar-refractivity contribution in [3.05, 3.63) is 310 Å². The van der Waals surface area contributed by atoms with Crippen LogP contribution in [0.2, 0.25) is 0 Å². The molecule has 0 saturated carbocycles. The molecule has 12 heterocycles. The molecule has 105 heavy (non-hydrogen) atoms. The molecule has 27 rings (SSSR count). The minimum Gasteiger partial charge on any atom is -0.456 e. The van der Waals surface area contributed by atoms with Crippen LogP contribution in [0, 0.1) is 0 Å². The molecule has 12 aromatic heterocycles. The van der Waals surface area contributed by atoms with E-state index in [-0.39, 0.29) is 0 Å². The maximum Gasteiger partial charge on any atom is 0.136 e. The Morgan fingerprint density at radius 3 is 1.01 bits per heavy atom. The van der Waals surface area contributed by atoms with Crippen LogP contribution in [0.15, 0.2) is 323 Å².